The lowest BCUT2D eigenvalue weighted by molar-refractivity contribution is 0.262. The van der Waals surface area contributed by atoms with Crippen molar-refractivity contribution >= 4 is 11.0 Å². The lowest BCUT2D eigenvalue weighted by Crippen LogP contribution is -2.30. The maximum atomic E-state index is 6.08. The van der Waals surface area contributed by atoms with Crippen LogP contribution in [0, 0.1) is 0 Å². The maximum absolute atomic E-state index is 6.08. The van der Waals surface area contributed by atoms with Crippen LogP contribution in [0.25, 0.3) is 11.0 Å². The van der Waals surface area contributed by atoms with Gasteiger partial charge in [-0.05, 0) is 29.3 Å². The monoisotopic (exact) mass is 268 g/mol. The molecule has 0 amide bonds. The number of rotatable bonds is 5. The van der Waals surface area contributed by atoms with Crippen molar-refractivity contribution < 1.29 is 9.26 Å². The van der Waals surface area contributed by atoms with Crippen molar-refractivity contribution in [3.63, 3.8) is 0 Å². The summed E-state index contributed by atoms with van der Waals surface area (Å²) in [6.45, 7) is 0.408. The van der Waals surface area contributed by atoms with Crippen molar-refractivity contribution in [1.82, 2.24) is 5.16 Å². The van der Waals surface area contributed by atoms with E-state index in [1.807, 2.05) is 42.5 Å². The number of benzene rings is 2. The molecule has 3 aromatic rings. The van der Waals surface area contributed by atoms with Crippen LogP contribution in [0.1, 0.15) is 5.56 Å². The van der Waals surface area contributed by atoms with Gasteiger partial charge in [-0.25, -0.2) is 0 Å². The van der Waals surface area contributed by atoms with Gasteiger partial charge in [0, 0.05) is 6.04 Å². The molecule has 0 saturated carbocycles. The maximum Gasteiger partial charge on any atom is 0.262 e. The molecule has 0 saturated heterocycles. The molecule has 0 aliphatic carbocycles. The van der Waals surface area contributed by atoms with E-state index in [2.05, 4.69) is 17.3 Å². The van der Waals surface area contributed by atoms with Crippen molar-refractivity contribution in [3.8, 4) is 5.88 Å². The van der Waals surface area contributed by atoms with E-state index in [0.29, 0.717) is 12.5 Å². The largest absolute Gasteiger partial charge is 0.473 e. The standard InChI is InChI=1S/C16H16N2O2/c17-13(10-12-6-2-1-3-7-12)11-19-16-14-8-4-5-9-15(14)20-18-16/h1-9,13H,10-11,17H2. The summed E-state index contributed by atoms with van der Waals surface area (Å²) in [5.74, 6) is 0.504. The second kappa shape index (κ2) is 5.75. The van der Waals surface area contributed by atoms with E-state index in [-0.39, 0.29) is 6.04 Å². The van der Waals surface area contributed by atoms with Crippen LogP contribution in [0.2, 0.25) is 0 Å². The summed E-state index contributed by atoms with van der Waals surface area (Å²) in [6, 6.07) is 17.7. The van der Waals surface area contributed by atoms with E-state index >= 15 is 0 Å². The predicted molar refractivity (Wildman–Crippen MR) is 77.6 cm³/mol. The fourth-order valence-electron chi connectivity index (χ4n) is 2.13. The molecule has 1 aromatic heterocycles. The lowest BCUT2D eigenvalue weighted by atomic mass is 10.1. The average Bonchev–Trinajstić information content (AvgIpc) is 2.89. The Morgan fingerprint density at radius 2 is 1.80 bits per heavy atom. The Morgan fingerprint density at radius 3 is 2.65 bits per heavy atom. The van der Waals surface area contributed by atoms with Gasteiger partial charge >= 0.3 is 0 Å². The van der Waals surface area contributed by atoms with Gasteiger partial charge in [-0.2, -0.15) is 0 Å². The highest BCUT2D eigenvalue weighted by molar-refractivity contribution is 5.81. The van der Waals surface area contributed by atoms with Gasteiger partial charge < -0.3 is 15.0 Å². The SMILES string of the molecule is NC(COc1noc2ccccc12)Cc1ccccc1. The summed E-state index contributed by atoms with van der Waals surface area (Å²) >= 11 is 0. The quantitative estimate of drug-likeness (QED) is 0.773. The van der Waals surface area contributed by atoms with Crippen LogP contribution in [0.4, 0.5) is 0 Å². The van der Waals surface area contributed by atoms with Crippen LogP contribution in [0.3, 0.4) is 0 Å². The zero-order chi connectivity index (χ0) is 13.8. The smallest absolute Gasteiger partial charge is 0.262 e. The lowest BCUT2D eigenvalue weighted by Gasteiger charge is -2.11. The van der Waals surface area contributed by atoms with Gasteiger partial charge in [0.2, 0.25) is 0 Å². The first-order valence-corrected chi connectivity index (χ1v) is 6.59. The van der Waals surface area contributed by atoms with Crippen LogP contribution >= 0.6 is 0 Å². The molecule has 3 rings (SSSR count). The second-order valence-corrected chi connectivity index (χ2v) is 4.74. The number of ether oxygens (including phenoxy) is 1. The summed E-state index contributed by atoms with van der Waals surface area (Å²) in [7, 11) is 0. The molecule has 4 nitrogen and oxygen atoms in total. The Labute approximate surface area is 117 Å². The van der Waals surface area contributed by atoms with Crippen LogP contribution in [0.5, 0.6) is 5.88 Å². The highest BCUT2D eigenvalue weighted by atomic mass is 16.5. The molecule has 0 spiro atoms. The average molecular weight is 268 g/mol. The number of fused-ring (bicyclic) bond motifs is 1. The third-order valence-corrected chi connectivity index (χ3v) is 3.12. The third kappa shape index (κ3) is 2.81. The highest BCUT2D eigenvalue weighted by Crippen LogP contribution is 2.24. The summed E-state index contributed by atoms with van der Waals surface area (Å²) in [5, 5.41) is 4.80. The van der Waals surface area contributed by atoms with E-state index in [9.17, 15) is 0 Å². The number of para-hydroxylation sites is 1. The molecule has 1 atom stereocenters. The molecule has 20 heavy (non-hydrogen) atoms. The number of nitrogens with two attached hydrogens (primary N) is 1. The zero-order valence-corrected chi connectivity index (χ0v) is 11.0. The molecule has 102 valence electrons. The molecule has 0 radical (unpaired) electrons. The van der Waals surface area contributed by atoms with Gasteiger partial charge in [0.05, 0.1) is 5.39 Å². The van der Waals surface area contributed by atoms with Crippen LogP contribution in [-0.2, 0) is 6.42 Å². The fourth-order valence-corrected chi connectivity index (χ4v) is 2.13. The first-order valence-electron chi connectivity index (χ1n) is 6.59. The minimum absolute atomic E-state index is 0.0761. The number of hydrogen-bond donors (Lipinski definition) is 1. The predicted octanol–water partition coefficient (Wildman–Crippen LogP) is 2.78. The summed E-state index contributed by atoms with van der Waals surface area (Å²) in [6.07, 6.45) is 0.774. The highest BCUT2D eigenvalue weighted by Gasteiger charge is 2.11. The molecule has 2 N–H and O–H groups in total. The molecule has 0 aliphatic rings. The molecule has 1 unspecified atom stereocenters. The Morgan fingerprint density at radius 1 is 1.05 bits per heavy atom. The van der Waals surface area contributed by atoms with Crippen molar-refractivity contribution in [2.75, 3.05) is 6.61 Å². The Bertz CT molecular complexity index is 679. The van der Waals surface area contributed by atoms with Crippen LogP contribution in [0.15, 0.2) is 59.1 Å². The molecule has 2 aromatic carbocycles. The first-order chi connectivity index (χ1) is 9.83. The topological polar surface area (TPSA) is 61.3 Å². The normalized spacial score (nSPS) is 12.4. The second-order valence-electron chi connectivity index (χ2n) is 4.74. The number of nitrogens with zero attached hydrogens (tertiary/aromatic N) is 1. The molecule has 4 heteroatoms. The van der Waals surface area contributed by atoms with E-state index in [4.69, 9.17) is 15.0 Å². The molecule has 0 aliphatic heterocycles. The van der Waals surface area contributed by atoms with Gasteiger partial charge in [-0.15, -0.1) is 0 Å². The molecule has 0 bridgehead atoms. The minimum atomic E-state index is -0.0761. The van der Waals surface area contributed by atoms with Gasteiger partial charge in [0.15, 0.2) is 5.58 Å². The van der Waals surface area contributed by atoms with Gasteiger partial charge in [0.1, 0.15) is 6.61 Å². The van der Waals surface area contributed by atoms with Crippen molar-refractivity contribution in [2.24, 2.45) is 5.73 Å². The van der Waals surface area contributed by atoms with Crippen LogP contribution in [-0.4, -0.2) is 17.8 Å². The molecule has 1 heterocycles. The van der Waals surface area contributed by atoms with Gasteiger partial charge in [-0.3, -0.25) is 0 Å². The van der Waals surface area contributed by atoms with E-state index in [1.165, 1.54) is 5.56 Å². The Kier molecular flexibility index (Phi) is 3.65. The van der Waals surface area contributed by atoms with Crippen molar-refractivity contribution in [2.45, 2.75) is 12.5 Å². The zero-order valence-electron chi connectivity index (χ0n) is 11.0. The first kappa shape index (κ1) is 12.7. The van der Waals surface area contributed by atoms with Crippen molar-refractivity contribution in [1.29, 1.82) is 0 Å². The Balaban J connectivity index is 1.62. The van der Waals surface area contributed by atoms with E-state index in [1.54, 1.807) is 0 Å². The third-order valence-electron chi connectivity index (χ3n) is 3.12. The molecular weight excluding hydrogens is 252 g/mol. The van der Waals surface area contributed by atoms with Gasteiger partial charge in [0.25, 0.3) is 5.88 Å². The number of aromatic nitrogens is 1. The summed E-state index contributed by atoms with van der Waals surface area (Å²) < 4.78 is 10.8. The van der Waals surface area contributed by atoms with Crippen molar-refractivity contribution in [3.05, 3.63) is 60.2 Å². The molecular formula is C16H16N2O2. The Hall–Kier alpha value is -2.33. The van der Waals surface area contributed by atoms with Gasteiger partial charge in [-0.1, -0.05) is 42.5 Å². The van der Waals surface area contributed by atoms with E-state index in [0.717, 1.165) is 17.4 Å². The number of hydrogen-bond acceptors (Lipinski definition) is 4. The van der Waals surface area contributed by atoms with E-state index < -0.39 is 0 Å². The molecule has 0 fully saturated rings. The minimum Gasteiger partial charge on any atom is -0.473 e. The summed E-state index contributed by atoms with van der Waals surface area (Å²) in [5.41, 5.74) is 8.01. The fraction of sp³-hybridized carbons (Fsp3) is 0.188. The van der Waals surface area contributed by atoms with Crippen LogP contribution < -0.4 is 10.5 Å². The summed E-state index contributed by atoms with van der Waals surface area (Å²) in [4.78, 5) is 0.